The molecule has 0 spiro atoms. The molecular weight excluding hydrogens is 300 g/mol. The maximum atomic E-state index is 12.4. The third-order valence-corrected chi connectivity index (χ3v) is 6.17. The highest BCUT2D eigenvalue weighted by molar-refractivity contribution is 7.99. The normalized spacial score (nSPS) is 24.7. The molecule has 0 aromatic carbocycles. The summed E-state index contributed by atoms with van der Waals surface area (Å²) < 4.78 is 23.2. The minimum absolute atomic E-state index is 0.00370. The minimum atomic E-state index is -2.97. The first-order valence-electron chi connectivity index (χ1n) is 6.55. The third kappa shape index (κ3) is 3.14. The number of H-pyrrole nitrogens is 1. The number of carbonyl (C=O) groups excluding carboxylic acids is 1. The molecule has 1 atom stereocenters. The number of hydrogen-bond donors (Lipinski definition) is 1. The van der Waals surface area contributed by atoms with Crippen molar-refractivity contribution in [2.75, 3.05) is 17.3 Å². The van der Waals surface area contributed by atoms with Gasteiger partial charge in [-0.25, -0.2) is 13.4 Å². The van der Waals surface area contributed by atoms with Crippen molar-refractivity contribution in [2.24, 2.45) is 0 Å². The molecule has 7 nitrogen and oxygen atoms in total. The fraction of sp³-hybridized carbons (Fsp3) is 0.727. The van der Waals surface area contributed by atoms with E-state index in [1.807, 2.05) is 0 Å². The standard InChI is InChI=1S/C11H16N4O3S2/c16-10(5-19-11-12-7-13-14-11)15(8-1-2-8)9-3-4-20(17,18)6-9/h7-9H,1-6H2,(H,12,13,14)/t9-/m0/s1. The number of aromatic nitrogens is 3. The molecule has 1 aromatic heterocycles. The Morgan fingerprint density at radius 1 is 1.40 bits per heavy atom. The van der Waals surface area contributed by atoms with Crippen LogP contribution in [0.1, 0.15) is 19.3 Å². The molecule has 20 heavy (non-hydrogen) atoms. The molecule has 0 bridgehead atoms. The number of nitrogens with one attached hydrogen (secondary N) is 1. The molecule has 1 aliphatic heterocycles. The molecule has 1 amide bonds. The van der Waals surface area contributed by atoms with Crippen molar-refractivity contribution in [1.29, 1.82) is 0 Å². The van der Waals surface area contributed by atoms with E-state index in [0.717, 1.165) is 12.8 Å². The lowest BCUT2D eigenvalue weighted by atomic mass is 10.2. The van der Waals surface area contributed by atoms with Gasteiger partial charge in [0.2, 0.25) is 5.91 Å². The molecule has 2 heterocycles. The Hall–Kier alpha value is -1.09. The monoisotopic (exact) mass is 316 g/mol. The van der Waals surface area contributed by atoms with Gasteiger partial charge in [0.25, 0.3) is 0 Å². The average Bonchev–Trinajstić information content (AvgIpc) is 2.95. The zero-order chi connectivity index (χ0) is 14.2. The summed E-state index contributed by atoms with van der Waals surface area (Å²) in [5.74, 6) is 0.574. The highest BCUT2D eigenvalue weighted by Crippen LogP contribution is 2.33. The second kappa shape index (κ2) is 5.36. The van der Waals surface area contributed by atoms with Gasteiger partial charge in [0, 0.05) is 12.1 Å². The Morgan fingerprint density at radius 2 is 2.20 bits per heavy atom. The third-order valence-electron chi connectivity index (χ3n) is 3.56. The smallest absolute Gasteiger partial charge is 0.233 e. The lowest BCUT2D eigenvalue weighted by Gasteiger charge is -2.28. The van der Waals surface area contributed by atoms with Gasteiger partial charge in [-0.1, -0.05) is 11.8 Å². The van der Waals surface area contributed by atoms with Crippen LogP contribution in [-0.4, -0.2) is 63.7 Å². The Labute approximate surface area is 121 Å². The lowest BCUT2D eigenvalue weighted by molar-refractivity contribution is -0.130. The second-order valence-electron chi connectivity index (χ2n) is 5.17. The number of carbonyl (C=O) groups is 1. The summed E-state index contributed by atoms with van der Waals surface area (Å²) in [6.07, 6.45) is 3.93. The first kappa shape index (κ1) is 13.9. The van der Waals surface area contributed by atoms with E-state index in [-0.39, 0.29) is 35.2 Å². The van der Waals surface area contributed by atoms with Crippen molar-refractivity contribution in [3.05, 3.63) is 6.33 Å². The first-order chi connectivity index (χ1) is 9.55. The Kier molecular flexibility index (Phi) is 3.72. The van der Waals surface area contributed by atoms with E-state index in [0.29, 0.717) is 11.6 Å². The molecule has 0 unspecified atom stereocenters. The number of hydrogen-bond acceptors (Lipinski definition) is 6. The Bertz CT molecular complexity index is 583. The number of thioether (sulfide) groups is 1. The summed E-state index contributed by atoms with van der Waals surface area (Å²) in [5, 5.41) is 7.03. The molecule has 0 radical (unpaired) electrons. The molecule has 110 valence electrons. The predicted molar refractivity (Wildman–Crippen MR) is 74.0 cm³/mol. The van der Waals surface area contributed by atoms with Crippen LogP contribution in [0.5, 0.6) is 0 Å². The molecular formula is C11H16N4O3S2. The van der Waals surface area contributed by atoms with E-state index in [1.165, 1.54) is 18.1 Å². The van der Waals surface area contributed by atoms with Crippen LogP contribution in [0.3, 0.4) is 0 Å². The topological polar surface area (TPSA) is 96.0 Å². The highest BCUT2D eigenvalue weighted by Gasteiger charge is 2.41. The van der Waals surface area contributed by atoms with Crippen LogP contribution in [0, 0.1) is 0 Å². The van der Waals surface area contributed by atoms with Crippen LogP contribution < -0.4 is 0 Å². The fourth-order valence-electron chi connectivity index (χ4n) is 2.52. The predicted octanol–water partition coefficient (Wildman–Crippen LogP) is 0.0749. The Morgan fingerprint density at radius 3 is 2.75 bits per heavy atom. The molecule has 2 aliphatic rings. The van der Waals surface area contributed by atoms with Gasteiger partial charge in [-0.05, 0) is 19.3 Å². The van der Waals surface area contributed by atoms with E-state index in [2.05, 4.69) is 15.2 Å². The SMILES string of the molecule is O=C(CSc1ncn[nH]1)N(C1CC1)[C@H]1CCS(=O)(=O)C1. The summed E-state index contributed by atoms with van der Waals surface area (Å²) in [5.41, 5.74) is 0. The molecule has 1 N–H and O–H groups in total. The molecule has 1 saturated heterocycles. The fourth-order valence-corrected chi connectivity index (χ4v) is 4.88. The summed E-state index contributed by atoms with van der Waals surface area (Å²) in [7, 11) is -2.97. The first-order valence-corrected chi connectivity index (χ1v) is 9.35. The van der Waals surface area contributed by atoms with Crippen LogP contribution in [0.25, 0.3) is 0 Å². The largest absolute Gasteiger partial charge is 0.335 e. The van der Waals surface area contributed by atoms with Crippen LogP contribution >= 0.6 is 11.8 Å². The summed E-state index contributed by atoms with van der Waals surface area (Å²) >= 11 is 1.30. The quantitative estimate of drug-likeness (QED) is 0.773. The number of aromatic amines is 1. The summed E-state index contributed by atoms with van der Waals surface area (Å²) in [6, 6.07) is 0.0893. The van der Waals surface area contributed by atoms with E-state index < -0.39 is 9.84 Å². The molecule has 1 saturated carbocycles. The molecule has 3 rings (SSSR count). The number of amides is 1. The van der Waals surface area contributed by atoms with Gasteiger partial charge in [0.1, 0.15) is 6.33 Å². The molecule has 1 aliphatic carbocycles. The molecule has 1 aromatic rings. The minimum Gasteiger partial charge on any atom is -0.335 e. The van der Waals surface area contributed by atoms with Crippen molar-refractivity contribution in [3.63, 3.8) is 0 Å². The highest BCUT2D eigenvalue weighted by atomic mass is 32.2. The van der Waals surface area contributed by atoms with Crippen molar-refractivity contribution < 1.29 is 13.2 Å². The Balaban J connectivity index is 1.63. The van der Waals surface area contributed by atoms with Crippen LogP contribution in [-0.2, 0) is 14.6 Å². The van der Waals surface area contributed by atoms with E-state index in [9.17, 15) is 13.2 Å². The summed E-state index contributed by atoms with van der Waals surface area (Å²) in [6.45, 7) is 0. The van der Waals surface area contributed by atoms with Gasteiger partial charge < -0.3 is 4.90 Å². The summed E-state index contributed by atoms with van der Waals surface area (Å²) in [4.78, 5) is 18.1. The maximum absolute atomic E-state index is 12.4. The van der Waals surface area contributed by atoms with Crippen LogP contribution in [0.4, 0.5) is 0 Å². The van der Waals surface area contributed by atoms with Crippen molar-refractivity contribution in [2.45, 2.75) is 36.5 Å². The van der Waals surface area contributed by atoms with Gasteiger partial charge in [0.05, 0.1) is 17.3 Å². The number of rotatable bonds is 5. The van der Waals surface area contributed by atoms with Gasteiger partial charge >= 0.3 is 0 Å². The van der Waals surface area contributed by atoms with Gasteiger partial charge in [-0.15, -0.1) is 0 Å². The maximum Gasteiger partial charge on any atom is 0.233 e. The average molecular weight is 316 g/mol. The van der Waals surface area contributed by atoms with Crippen molar-refractivity contribution >= 4 is 27.5 Å². The van der Waals surface area contributed by atoms with Gasteiger partial charge in [0.15, 0.2) is 15.0 Å². The van der Waals surface area contributed by atoms with Gasteiger partial charge in [-0.3, -0.25) is 9.89 Å². The number of nitrogens with zero attached hydrogens (tertiary/aromatic N) is 3. The van der Waals surface area contributed by atoms with E-state index >= 15 is 0 Å². The van der Waals surface area contributed by atoms with Crippen molar-refractivity contribution in [1.82, 2.24) is 20.1 Å². The number of sulfone groups is 1. The second-order valence-corrected chi connectivity index (χ2v) is 8.36. The molecule has 2 fully saturated rings. The van der Waals surface area contributed by atoms with Crippen LogP contribution in [0.2, 0.25) is 0 Å². The zero-order valence-corrected chi connectivity index (χ0v) is 12.5. The lowest BCUT2D eigenvalue weighted by Crippen LogP contribution is -2.43. The zero-order valence-electron chi connectivity index (χ0n) is 10.9. The van der Waals surface area contributed by atoms with Crippen LogP contribution in [0.15, 0.2) is 11.5 Å². The van der Waals surface area contributed by atoms with Gasteiger partial charge in [-0.2, -0.15) is 5.10 Å². The van der Waals surface area contributed by atoms with Crippen molar-refractivity contribution in [3.8, 4) is 0 Å². The molecule has 9 heteroatoms. The van der Waals surface area contributed by atoms with E-state index in [4.69, 9.17) is 0 Å². The van der Waals surface area contributed by atoms with E-state index in [1.54, 1.807) is 4.90 Å².